The lowest BCUT2D eigenvalue weighted by Crippen LogP contribution is -2.35. The minimum absolute atomic E-state index is 0. The number of nitrogens with one attached hydrogen (secondary N) is 1. The summed E-state index contributed by atoms with van der Waals surface area (Å²) in [6, 6.07) is 7.90. The Morgan fingerprint density at radius 3 is 2.71 bits per heavy atom. The first-order valence-corrected chi connectivity index (χ1v) is 10.9. The number of esters is 1. The number of benzene rings is 1. The fourth-order valence-electron chi connectivity index (χ4n) is 3.21. The number of hydrogen-bond acceptors (Lipinski definition) is 6. The molecule has 152 valence electrons. The third-order valence-corrected chi connectivity index (χ3v) is 6.62. The Balaban J connectivity index is 0.00000280. The van der Waals surface area contributed by atoms with Gasteiger partial charge in [-0.25, -0.2) is 4.79 Å². The molecule has 2 aromatic rings. The number of thioether (sulfide) groups is 1. The Hall–Kier alpha value is -1.54. The maximum absolute atomic E-state index is 12.8. The van der Waals surface area contributed by atoms with Crippen molar-refractivity contribution in [1.29, 1.82) is 0 Å². The van der Waals surface area contributed by atoms with Crippen LogP contribution in [-0.2, 0) is 17.7 Å². The van der Waals surface area contributed by atoms with Crippen molar-refractivity contribution < 1.29 is 14.3 Å². The van der Waals surface area contributed by atoms with Gasteiger partial charge in [0.15, 0.2) is 0 Å². The molecule has 2 heterocycles. The molecule has 0 atom stereocenters. The third kappa shape index (κ3) is 4.71. The van der Waals surface area contributed by atoms with Crippen LogP contribution in [0.3, 0.4) is 0 Å². The second kappa shape index (κ2) is 9.78. The lowest BCUT2D eigenvalue weighted by molar-refractivity contribution is 0.0600. The highest BCUT2D eigenvalue weighted by Gasteiger charge is 2.30. The summed E-state index contributed by atoms with van der Waals surface area (Å²) in [6.07, 6.45) is 2.76. The molecule has 0 saturated heterocycles. The highest BCUT2D eigenvalue weighted by molar-refractivity contribution is 7.98. The number of carbonyl (C=O) groups is 2. The first-order valence-electron chi connectivity index (χ1n) is 8.87. The lowest BCUT2D eigenvalue weighted by atomic mass is 10.0. The SMILES string of the molecule is COC(=O)c1c(NC(=O)c2cccc(SC)c2)sc2c1CCN(C(C)C)C2.Cl. The number of fused-ring (bicyclic) bond motifs is 1. The van der Waals surface area contributed by atoms with E-state index < -0.39 is 5.97 Å². The standard InChI is InChI=1S/C20H24N2O3S2.ClH/c1-12(2)22-9-8-15-16(11-22)27-19(17(15)20(24)25-3)21-18(23)13-6-5-7-14(10-13)26-4;/h5-7,10,12H,8-9,11H2,1-4H3,(H,21,23);1H. The Morgan fingerprint density at radius 2 is 2.07 bits per heavy atom. The molecule has 28 heavy (non-hydrogen) atoms. The second-order valence-corrected chi connectivity index (χ2v) is 8.68. The summed E-state index contributed by atoms with van der Waals surface area (Å²) in [5.74, 6) is -0.603. The van der Waals surface area contributed by atoms with Gasteiger partial charge in [0, 0.05) is 34.5 Å². The molecule has 0 saturated carbocycles. The maximum atomic E-state index is 12.8. The zero-order valence-electron chi connectivity index (χ0n) is 16.4. The monoisotopic (exact) mass is 440 g/mol. The van der Waals surface area contributed by atoms with Gasteiger partial charge in [-0.2, -0.15) is 0 Å². The van der Waals surface area contributed by atoms with Crippen molar-refractivity contribution in [3.05, 3.63) is 45.8 Å². The average molecular weight is 441 g/mol. The summed E-state index contributed by atoms with van der Waals surface area (Å²) in [6.45, 7) is 6.02. The largest absolute Gasteiger partial charge is 0.465 e. The van der Waals surface area contributed by atoms with E-state index in [0.717, 1.165) is 34.8 Å². The first-order chi connectivity index (χ1) is 12.9. The topological polar surface area (TPSA) is 58.6 Å². The van der Waals surface area contributed by atoms with Gasteiger partial charge in [-0.1, -0.05) is 6.07 Å². The highest BCUT2D eigenvalue weighted by atomic mass is 35.5. The van der Waals surface area contributed by atoms with Crippen molar-refractivity contribution in [2.75, 3.05) is 25.2 Å². The van der Waals surface area contributed by atoms with Crippen LogP contribution >= 0.6 is 35.5 Å². The molecule has 0 spiro atoms. The number of anilines is 1. The number of ether oxygens (including phenoxy) is 1. The summed E-state index contributed by atoms with van der Waals surface area (Å²) in [5, 5.41) is 3.53. The summed E-state index contributed by atoms with van der Waals surface area (Å²) in [7, 11) is 1.38. The fraction of sp³-hybridized carbons (Fsp3) is 0.400. The van der Waals surface area contributed by atoms with E-state index in [4.69, 9.17) is 4.74 Å². The van der Waals surface area contributed by atoms with E-state index in [2.05, 4.69) is 24.1 Å². The van der Waals surface area contributed by atoms with Crippen LogP contribution in [0, 0.1) is 0 Å². The number of carbonyl (C=O) groups excluding carboxylic acids is 2. The summed E-state index contributed by atoms with van der Waals surface area (Å²) >= 11 is 3.07. The highest BCUT2D eigenvalue weighted by Crippen LogP contribution is 2.38. The van der Waals surface area contributed by atoms with Crippen LogP contribution in [0.2, 0.25) is 0 Å². The smallest absolute Gasteiger partial charge is 0.341 e. The van der Waals surface area contributed by atoms with E-state index in [0.29, 0.717) is 22.2 Å². The normalized spacial score (nSPS) is 13.6. The number of methoxy groups -OCH3 is 1. The van der Waals surface area contributed by atoms with Crippen molar-refractivity contribution in [2.24, 2.45) is 0 Å². The minimum atomic E-state index is -0.390. The molecule has 1 aliphatic heterocycles. The molecule has 1 aromatic heterocycles. The molecule has 1 N–H and O–H groups in total. The van der Waals surface area contributed by atoms with Crippen LogP contribution in [0.1, 0.15) is 45.0 Å². The Morgan fingerprint density at radius 1 is 1.32 bits per heavy atom. The van der Waals surface area contributed by atoms with Crippen LogP contribution in [0.25, 0.3) is 0 Å². The van der Waals surface area contributed by atoms with Crippen molar-refractivity contribution in [1.82, 2.24) is 4.90 Å². The van der Waals surface area contributed by atoms with Crippen LogP contribution in [0.15, 0.2) is 29.2 Å². The van der Waals surface area contributed by atoms with Crippen molar-refractivity contribution in [3.8, 4) is 0 Å². The number of amides is 1. The van der Waals surface area contributed by atoms with E-state index in [9.17, 15) is 9.59 Å². The van der Waals surface area contributed by atoms with E-state index in [1.807, 2.05) is 24.5 Å². The zero-order chi connectivity index (χ0) is 19.6. The van der Waals surface area contributed by atoms with Gasteiger partial charge >= 0.3 is 5.97 Å². The summed E-state index contributed by atoms with van der Waals surface area (Å²) in [4.78, 5) is 29.7. The average Bonchev–Trinajstić information content (AvgIpc) is 3.04. The molecule has 0 aliphatic carbocycles. The lowest BCUT2D eigenvalue weighted by Gasteiger charge is -2.30. The Bertz CT molecular complexity index is 867. The number of halogens is 1. The molecule has 0 unspecified atom stereocenters. The van der Waals surface area contributed by atoms with Gasteiger partial charge in [0.2, 0.25) is 0 Å². The molecule has 1 aliphatic rings. The molecular formula is C20H25ClN2O3S2. The van der Waals surface area contributed by atoms with E-state index in [1.165, 1.54) is 18.4 Å². The van der Waals surface area contributed by atoms with Gasteiger partial charge in [-0.3, -0.25) is 9.69 Å². The maximum Gasteiger partial charge on any atom is 0.341 e. The van der Waals surface area contributed by atoms with Crippen molar-refractivity contribution in [3.63, 3.8) is 0 Å². The number of hydrogen-bond donors (Lipinski definition) is 1. The predicted octanol–water partition coefficient (Wildman–Crippen LogP) is 4.70. The Kier molecular flexibility index (Phi) is 7.95. The van der Waals surface area contributed by atoms with Gasteiger partial charge < -0.3 is 10.1 Å². The minimum Gasteiger partial charge on any atom is -0.465 e. The van der Waals surface area contributed by atoms with Crippen LogP contribution in [0.4, 0.5) is 5.00 Å². The van der Waals surface area contributed by atoms with Gasteiger partial charge in [0.05, 0.1) is 12.7 Å². The fourth-order valence-corrected chi connectivity index (χ4v) is 4.93. The summed E-state index contributed by atoms with van der Waals surface area (Å²) in [5.41, 5.74) is 2.10. The molecule has 1 amide bonds. The van der Waals surface area contributed by atoms with Gasteiger partial charge in [0.25, 0.3) is 5.91 Å². The molecule has 5 nitrogen and oxygen atoms in total. The molecular weight excluding hydrogens is 416 g/mol. The predicted molar refractivity (Wildman–Crippen MR) is 118 cm³/mol. The van der Waals surface area contributed by atoms with E-state index >= 15 is 0 Å². The molecule has 0 fully saturated rings. The first kappa shape index (κ1) is 22.7. The van der Waals surface area contributed by atoms with Gasteiger partial charge in [-0.05, 0) is 50.3 Å². The Labute approximate surface area is 180 Å². The van der Waals surface area contributed by atoms with E-state index in [1.54, 1.807) is 17.8 Å². The number of thiophene rings is 1. The molecule has 1 aromatic carbocycles. The van der Waals surface area contributed by atoms with Crippen molar-refractivity contribution >= 4 is 52.4 Å². The molecule has 0 radical (unpaired) electrons. The zero-order valence-corrected chi connectivity index (χ0v) is 18.9. The number of rotatable bonds is 5. The molecule has 0 bridgehead atoms. The van der Waals surface area contributed by atoms with E-state index in [-0.39, 0.29) is 18.3 Å². The quantitative estimate of drug-likeness (QED) is 0.539. The molecule has 8 heteroatoms. The van der Waals surface area contributed by atoms with Gasteiger partial charge in [0.1, 0.15) is 5.00 Å². The van der Waals surface area contributed by atoms with Crippen LogP contribution < -0.4 is 5.32 Å². The van der Waals surface area contributed by atoms with Crippen LogP contribution in [0.5, 0.6) is 0 Å². The third-order valence-electron chi connectivity index (χ3n) is 4.77. The molecule has 3 rings (SSSR count). The summed E-state index contributed by atoms with van der Waals surface area (Å²) < 4.78 is 5.00. The number of nitrogens with zero attached hydrogens (tertiary/aromatic N) is 1. The second-order valence-electron chi connectivity index (χ2n) is 6.70. The van der Waals surface area contributed by atoms with Crippen LogP contribution in [-0.4, -0.2) is 42.7 Å². The van der Waals surface area contributed by atoms with Crippen molar-refractivity contribution in [2.45, 2.75) is 37.8 Å². The van der Waals surface area contributed by atoms with Gasteiger partial charge in [-0.15, -0.1) is 35.5 Å².